The lowest BCUT2D eigenvalue weighted by molar-refractivity contribution is 0.0809. The fraction of sp³-hybridized carbons (Fsp3) is 0.643. The highest BCUT2D eigenvalue weighted by atomic mass is 16.1. The van der Waals surface area contributed by atoms with Gasteiger partial charge in [0.15, 0.2) is 0 Å². The van der Waals surface area contributed by atoms with Crippen molar-refractivity contribution in [3.05, 3.63) is 18.0 Å². The molecule has 0 unspecified atom stereocenters. The van der Waals surface area contributed by atoms with Crippen molar-refractivity contribution in [3.63, 3.8) is 0 Å². The van der Waals surface area contributed by atoms with Gasteiger partial charge < -0.3 is 16.0 Å². The number of hydrogen-bond donors (Lipinski definition) is 3. The first kappa shape index (κ1) is 13.9. The van der Waals surface area contributed by atoms with E-state index in [0.29, 0.717) is 11.4 Å². The summed E-state index contributed by atoms with van der Waals surface area (Å²) < 4.78 is 0. The normalized spacial score (nSPS) is 18.5. The van der Waals surface area contributed by atoms with Crippen LogP contribution in [0.2, 0.25) is 0 Å². The number of amides is 1. The van der Waals surface area contributed by atoms with Crippen LogP contribution in [0.3, 0.4) is 0 Å². The molecule has 5 nitrogen and oxygen atoms in total. The predicted octanol–water partition coefficient (Wildman–Crippen LogP) is 1.59. The average Bonchev–Trinajstić information content (AvgIpc) is 2.75. The first-order chi connectivity index (χ1) is 8.86. The summed E-state index contributed by atoms with van der Waals surface area (Å²) in [4.78, 5) is 17.3. The number of nitrogen functional groups attached to an aromatic ring is 1. The van der Waals surface area contributed by atoms with Crippen LogP contribution in [0.25, 0.3) is 0 Å². The highest BCUT2D eigenvalue weighted by molar-refractivity contribution is 5.93. The van der Waals surface area contributed by atoms with Gasteiger partial charge in [0.2, 0.25) is 0 Å². The van der Waals surface area contributed by atoms with Crippen molar-refractivity contribution in [2.24, 2.45) is 0 Å². The zero-order valence-electron chi connectivity index (χ0n) is 12.0. The summed E-state index contributed by atoms with van der Waals surface area (Å²) >= 11 is 0. The third-order valence-corrected chi connectivity index (χ3v) is 3.73. The number of hydrogen-bond acceptors (Lipinski definition) is 3. The zero-order valence-corrected chi connectivity index (χ0v) is 12.0. The maximum atomic E-state index is 12.0. The van der Waals surface area contributed by atoms with Crippen molar-refractivity contribution >= 4 is 11.6 Å². The molecule has 106 valence electrons. The largest absolute Gasteiger partial charge is 0.397 e. The quantitative estimate of drug-likeness (QED) is 0.759. The summed E-state index contributed by atoms with van der Waals surface area (Å²) in [6, 6.07) is 1.93. The molecule has 1 aliphatic rings. The molecule has 1 aliphatic heterocycles. The van der Waals surface area contributed by atoms with Gasteiger partial charge >= 0.3 is 0 Å². The molecule has 0 aliphatic carbocycles. The molecular weight excluding hydrogens is 240 g/mol. The van der Waals surface area contributed by atoms with Gasteiger partial charge in [-0.05, 0) is 39.7 Å². The Kier molecular flexibility index (Phi) is 3.85. The van der Waals surface area contributed by atoms with Gasteiger partial charge in [0.25, 0.3) is 5.91 Å². The van der Waals surface area contributed by atoms with Crippen molar-refractivity contribution in [3.8, 4) is 0 Å². The topological polar surface area (TPSA) is 74.2 Å². The number of H-pyrrole nitrogens is 1. The second-order valence-corrected chi connectivity index (χ2v) is 6.25. The first-order valence-corrected chi connectivity index (χ1v) is 6.86. The Morgan fingerprint density at radius 1 is 1.42 bits per heavy atom. The number of nitrogens with one attached hydrogen (secondary N) is 2. The Labute approximate surface area is 114 Å². The highest BCUT2D eigenvalue weighted by Gasteiger charge is 2.27. The van der Waals surface area contributed by atoms with E-state index in [1.54, 1.807) is 12.3 Å². The molecule has 1 saturated heterocycles. The van der Waals surface area contributed by atoms with E-state index in [0.717, 1.165) is 25.9 Å². The first-order valence-electron chi connectivity index (χ1n) is 6.86. The number of aromatic amines is 1. The Morgan fingerprint density at radius 2 is 2.05 bits per heavy atom. The number of rotatable bonds is 2. The Bertz CT molecular complexity index is 439. The number of nitrogens with zero attached hydrogens (tertiary/aromatic N) is 1. The minimum absolute atomic E-state index is 0.0640. The van der Waals surface area contributed by atoms with Crippen LogP contribution in [0.1, 0.15) is 44.1 Å². The second kappa shape index (κ2) is 5.25. The third kappa shape index (κ3) is 3.50. The van der Waals surface area contributed by atoms with Crippen LogP contribution in [0, 0.1) is 0 Å². The SMILES string of the molecule is CC(C)(C)N1CCC(NC(=O)c2cc(N)c[nH]2)CC1. The molecule has 0 bridgehead atoms. The standard InChI is InChI=1S/C14H24N4O/c1-14(2,3)18-6-4-11(5-7-18)17-13(19)12-8-10(15)9-16-12/h8-9,11,16H,4-7,15H2,1-3H3,(H,17,19). The Morgan fingerprint density at radius 3 is 2.53 bits per heavy atom. The van der Waals surface area contributed by atoms with Gasteiger partial charge in [-0.15, -0.1) is 0 Å². The average molecular weight is 264 g/mol. The van der Waals surface area contributed by atoms with E-state index < -0.39 is 0 Å². The smallest absolute Gasteiger partial charge is 0.267 e. The van der Waals surface area contributed by atoms with Crippen molar-refractivity contribution in [1.82, 2.24) is 15.2 Å². The number of aromatic nitrogens is 1. The molecule has 1 aromatic rings. The van der Waals surface area contributed by atoms with E-state index in [1.165, 1.54) is 0 Å². The molecule has 1 aromatic heterocycles. The molecule has 2 heterocycles. The Hall–Kier alpha value is -1.49. The number of likely N-dealkylation sites (tertiary alicyclic amines) is 1. The van der Waals surface area contributed by atoms with E-state index in [1.807, 2.05) is 0 Å². The molecule has 5 heteroatoms. The fourth-order valence-electron chi connectivity index (χ4n) is 2.50. The van der Waals surface area contributed by atoms with E-state index in [9.17, 15) is 4.79 Å². The van der Waals surface area contributed by atoms with Crippen molar-refractivity contribution in [2.45, 2.75) is 45.2 Å². The summed E-state index contributed by atoms with van der Waals surface area (Å²) in [5, 5.41) is 3.07. The van der Waals surface area contributed by atoms with Crippen molar-refractivity contribution in [1.29, 1.82) is 0 Å². The van der Waals surface area contributed by atoms with E-state index in [2.05, 4.69) is 36.0 Å². The molecule has 2 rings (SSSR count). The molecule has 1 amide bonds. The molecule has 0 radical (unpaired) electrons. The number of piperidine rings is 1. The molecule has 4 N–H and O–H groups in total. The number of nitrogens with two attached hydrogens (primary N) is 1. The molecule has 0 aromatic carbocycles. The maximum absolute atomic E-state index is 12.0. The van der Waals surface area contributed by atoms with Crippen LogP contribution in [0.5, 0.6) is 0 Å². The fourth-order valence-corrected chi connectivity index (χ4v) is 2.50. The maximum Gasteiger partial charge on any atom is 0.267 e. The van der Waals surface area contributed by atoms with E-state index >= 15 is 0 Å². The Balaban J connectivity index is 1.84. The van der Waals surface area contributed by atoms with Gasteiger partial charge in [0, 0.05) is 36.6 Å². The zero-order chi connectivity index (χ0) is 14.0. The molecular formula is C14H24N4O. The van der Waals surface area contributed by atoms with Crippen LogP contribution >= 0.6 is 0 Å². The minimum atomic E-state index is -0.0640. The third-order valence-electron chi connectivity index (χ3n) is 3.73. The van der Waals surface area contributed by atoms with Gasteiger partial charge in [-0.3, -0.25) is 9.69 Å². The molecule has 0 spiro atoms. The number of anilines is 1. The highest BCUT2D eigenvalue weighted by Crippen LogP contribution is 2.20. The van der Waals surface area contributed by atoms with Crippen molar-refractivity contribution < 1.29 is 4.79 Å². The second-order valence-electron chi connectivity index (χ2n) is 6.25. The lowest BCUT2D eigenvalue weighted by Crippen LogP contribution is -2.50. The lowest BCUT2D eigenvalue weighted by Gasteiger charge is -2.41. The molecule has 19 heavy (non-hydrogen) atoms. The van der Waals surface area contributed by atoms with Gasteiger partial charge in [-0.1, -0.05) is 0 Å². The van der Waals surface area contributed by atoms with Gasteiger partial charge in [-0.25, -0.2) is 0 Å². The minimum Gasteiger partial charge on any atom is -0.397 e. The summed E-state index contributed by atoms with van der Waals surface area (Å²) in [5.74, 6) is -0.0640. The van der Waals surface area contributed by atoms with Gasteiger partial charge in [0.05, 0.1) is 0 Å². The van der Waals surface area contributed by atoms with Crippen LogP contribution in [0.15, 0.2) is 12.3 Å². The summed E-state index contributed by atoms with van der Waals surface area (Å²) in [6.45, 7) is 8.75. The molecule has 0 atom stereocenters. The summed E-state index contributed by atoms with van der Waals surface area (Å²) in [5.41, 5.74) is 6.94. The predicted molar refractivity (Wildman–Crippen MR) is 77.0 cm³/mol. The van der Waals surface area contributed by atoms with Gasteiger partial charge in [0.1, 0.15) is 5.69 Å². The summed E-state index contributed by atoms with van der Waals surface area (Å²) in [6.07, 6.45) is 3.63. The van der Waals surface area contributed by atoms with Crippen LogP contribution in [-0.2, 0) is 0 Å². The summed E-state index contributed by atoms with van der Waals surface area (Å²) in [7, 11) is 0. The molecule has 0 saturated carbocycles. The van der Waals surface area contributed by atoms with Crippen LogP contribution < -0.4 is 11.1 Å². The lowest BCUT2D eigenvalue weighted by atomic mass is 9.98. The van der Waals surface area contributed by atoms with Gasteiger partial charge in [-0.2, -0.15) is 0 Å². The van der Waals surface area contributed by atoms with E-state index in [4.69, 9.17) is 5.73 Å². The number of carbonyl (C=O) groups excluding carboxylic acids is 1. The van der Waals surface area contributed by atoms with Crippen LogP contribution in [0.4, 0.5) is 5.69 Å². The number of carbonyl (C=O) groups is 1. The monoisotopic (exact) mass is 264 g/mol. The van der Waals surface area contributed by atoms with E-state index in [-0.39, 0.29) is 17.5 Å². The van der Waals surface area contributed by atoms with Crippen molar-refractivity contribution in [2.75, 3.05) is 18.8 Å². The molecule has 1 fully saturated rings. The van der Waals surface area contributed by atoms with Crippen LogP contribution in [-0.4, -0.2) is 40.5 Å².